The monoisotopic (exact) mass is 217 g/mol. The van der Waals surface area contributed by atoms with Gasteiger partial charge in [-0.3, -0.25) is 0 Å². The van der Waals surface area contributed by atoms with E-state index in [-0.39, 0.29) is 6.04 Å². The summed E-state index contributed by atoms with van der Waals surface area (Å²) in [5.74, 6) is -0.683. The molecule has 0 aliphatic carbocycles. The van der Waals surface area contributed by atoms with E-state index in [2.05, 4.69) is 30.0 Å². The van der Waals surface area contributed by atoms with Gasteiger partial charge in [-0.05, 0) is 43.4 Å². The van der Waals surface area contributed by atoms with Gasteiger partial charge in [0.2, 0.25) is 0 Å². The molecule has 3 heteroatoms. The molecule has 0 radical (unpaired) electrons. The molecule has 3 rings (SSSR count). The number of hydrogen-bond donors (Lipinski definition) is 1. The first-order valence-electron chi connectivity index (χ1n) is 5.77. The van der Waals surface area contributed by atoms with Gasteiger partial charge >= 0.3 is 5.97 Å². The summed E-state index contributed by atoms with van der Waals surface area (Å²) in [4.78, 5) is 13.3. The van der Waals surface area contributed by atoms with Gasteiger partial charge in [0.05, 0.1) is 0 Å². The van der Waals surface area contributed by atoms with Gasteiger partial charge in [-0.2, -0.15) is 0 Å². The van der Waals surface area contributed by atoms with E-state index < -0.39 is 5.97 Å². The number of nitrogens with zero attached hydrogens (tertiary/aromatic N) is 1. The number of carboxylic acids is 1. The van der Waals surface area contributed by atoms with Crippen molar-refractivity contribution in [3.63, 3.8) is 0 Å². The van der Waals surface area contributed by atoms with E-state index in [4.69, 9.17) is 0 Å². The van der Waals surface area contributed by atoms with E-state index in [1.54, 1.807) is 0 Å². The Morgan fingerprint density at radius 2 is 2.25 bits per heavy atom. The van der Waals surface area contributed by atoms with E-state index in [0.717, 1.165) is 24.9 Å². The lowest BCUT2D eigenvalue weighted by Gasteiger charge is -2.24. The van der Waals surface area contributed by atoms with Gasteiger partial charge in [0, 0.05) is 11.7 Å². The van der Waals surface area contributed by atoms with Crippen molar-refractivity contribution in [2.24, 2.45) is 0 Å². The van der Waals surface area contributed by atoms with Crippen LogP contribution in [0.3, 0.4) is 0 Å². The zero-order chi connectivity index (χ0) is 11.3. The number of benzene rings is 1. The van der Waals surface area contributed by atoms with Crippen LogP contribution in [0.5, 0.6) is 0 Å². The minimum absolute atomic E-state index is 0.312. The highest BCUT2D eigenvalue weighted by Gasteiger charge is 2.42. The topological polar surface area (TPSA) is 40.5 Å². The molecule has 1 N–H and O–H groups in total. The molecule has 3 nitrogen and oxygen atoms in total. The number of rotatable bonds is 1. The lowest BCUT2D eigenvalue weighted by molar-refractivity contribution is -0.138. The van der Waals surface area contributed by atoms with Crippen molar-refractivity contribution >= 4 is 11.7 Å². The van der Waals surface area contributed by atoms with Crippen molar-refractivity contribution in [2.75, 3.05) is 4.90 Å². The Labute approximate surface area is 94.7 Å². The third-order valence-electron chi connectivity index (χ3n) is 3.76. The summed E-state index contributed by atoms with van der Waals surface area (Å²) >= 11 is 0. The van der Waals surface area contributed by atoms with Crippen molar-refractivity contribution in [2.45, 2.75) is 38.3 Å². The van der Waals surface area contributed by atoms with Crippen LogP contribution in [0.25, 0.3) is 0 Å². The fourth-order valence-electron chi connectivity index (χ4n) is 3.03. The molecule has 1 aromatic carbocycles. The van der Waals surface area contributed by atoms with Gasteiger partial charge in [-0.25, -0.2) is 4.79 Å². The number of anilines is 1. The second kappa shape index (κ2) is 3.24. The molecule has 0 amide bonds. The van der Waals surface area contributed by atoms with Gasteiger partial charge in [0.25, 0.3) is 0 Å². The van der Waals surface area contributed by atoms with E-state index >= 15 is 0 Å². The summed E-state index contributed by atoms with van der Waals surface area (Å²) in [5, 5.41) is 9.21. The maximum Gasteiger partial charge on any atom is 0.326 e. The SMILES string of the molecule is Cc1ccc2c(c1)N1C(CCC1C(=O)O)C2. The standard InChI is InChI=1S/C13H15NO2/c1-8-2-3-9-7-10-4-5-11(13(15)16)14(10)12(9)6-8/h2-3,6,10-11H,4-5,7H2,1H3,(H,15,16). The quantitative estimate of drug-likeness (QED) is 0.782. The first kappa shape index (κ1) is 9.70. The van der Waals surface area contributed by atoms with Crippen molar-refractivity contribution in [3.8, 4) is 0 Å². The van der Waals surface area contributed by atoms with Crippen molar-refractivity contribution < 1.29 is 9.90 Å². The van der Waals surface area contributed by atoms with E-state index in [9.17, 15) is 9.90 Å². The lowest BCUT2D eigenvalue weighted by Crippen LogP contribution is -2.38. The summed E-state index contributed by atoms with van der Waals surface area (Å²) < 4.78 is 0. The predicted molar refractivity (Wildman–Crippen MR) is 61.8 cm³/mol. The average molecular weight is 217 g/mol. The number of carboxylic acid groups (broad SMARTS) is 1. The molecule has 0 aromatic heterocycles. The Hall–Kier alpha value is -1.51. The third kappa shape index (κ3) is 1.24. The van der Waals surface area contributed by atoms with Crippen LogP contribution in [-0.4, -0.2) is 23.2 Å². The van der Waals surface area contributed by atoms with Crippen LogP contribution in [0.2, 0.25) is 0 Å². The highest BCUT2D eigenvalue weighted by molar-refractivity contribution is 5.81. The second-order valence-corrected chi connectivity index (χ2v) is 4.83. The fourth-order valence-corrected chi connectivity index (χ4v) is 3.03. The lowest BCUT2D eigenvalue weighted by atomic mass is 10.0. The molecule has 2 aliphatic heterocycles. The molecule has 0 spiro atoms. The maximum atomic E-state index is 11.2. The van der Waals surface area contributed by atoms with Crippen molar-refractivity contribution in [1.82, 2.24) is 0 Å². The number of carbonyl (C=O) groups is 1. The van der Waals surface area contributed by atoms with E-state index in [1.807, 2.05) is 0 Å². The molecule has 1 aromatic rings. The molecule has 0 saturated carbocycles. The Morgan fingerprint density at radius 3 is 3.00 bits per heavy atom. The predicted octanol–water partition coefficient (Wildman–Crippen LogP) is 1.97. The molecule has 1 saturated heterocycles. The highest BCUT2D eigenvalue weighted by atomic mass is 16.4. The number of fused-ring (bicyclic) bond motifs is 3. The first-order valence-corrected chi connectivity index (χ1v) is 5.77. The normalized spacial score (nSPS) is 26.7. The van der Waals surface area contributed by atoms with E-state index in [1.165, 1.54) is 11.1 Å². The van der Waals surface area contributed by atoms with Gasteiger partial charge < -0.3 is 10.0 Å². The van der Waals surface area contributed by atoms with Crippen LogP contribution in [0.1, 0.15) is 24.0 Å². The van der Waals surface area contributed by atoms with Gasteiger partial charge in [0.15, 0.2) is 0 Å². The smallest absolute Gasteiger partial charge is 0.326 e. The summed E-state index contributed by atoms with van der Waals surface area (Å²) in [7, 11) is 0. The van der Waals surface area contributed by atoms with E-state index in [0.29, 0.717) is 6.04 Å². The Morgan fingerprint density at radius 1 is 1.44 bits per heavy atom. The second-order valence-electron chi connectivity index (χ2n) is 4.83. The van der Waals surface area contributed by atoms with Crippen molar-refractivity contribution in [3.05, 3.63) is 29.3 Å². The Bertz CT molecular complexity index is 455. The minimum Gasteiger partial charge on any atom is -0.480 e. The van der Waals surface area contributed by atoms with Crippen LogP contribution in [-0.2, 0) is 11.2 Å². The summed E-state index contributed by atoms with van der Waals surface area (Å²) in [6.45, 7) is 2.06. The van der Waals surface area contributed by atoms with Crippen LogP contribution < -0.4 is 4.90 Å². The van der Waals surface area contributed by atoms with Crippen LogP contribution in [0.15, 0.2) is 18.2 Å². The average Bonchev–Trinajstić information content (AvgIpc) is 2.76. The van der Waals surface area contributed by atoms with Gasteiger partial charge in [0.1, 0.15) is 6.04 Å². The summed E-state index contributed by atoms with van der Waals surface area (Å²) in [6.07, 6.45) is 2.80. The molecule has 16 heavy (non-hydrogen) atoms. The largest absolute Gasteiger partial charge is 0.480 e. The first-order chi connectivity index (χ1) is 7.66. The van der Waals surface area contributed by atoms with Crippen molar-refractivity contribution in [1.29, 1.82) is 0 Å². The Balaban J connectivity index is 2.05. The highest BCUT2D eigenvalue weighted by Crippen LogP contribution is 2.41. The van der Waals surface area contributed by atoms with Gasteiger partial charge in [-0.1, -0.05) is 12.1 Å². The fraction of sp³-hybridized carbons (Fsp3) is 0.462. The number of aliphatic carboxylic acids is 1. The van der Waals surface area contributed by atoms with Gasteiger partial charge in [-0.15, -0.1) is 0 Å². The van der Waals surface area contributed by atoms with Crippen LogP contribution >= 0.6 is 0 Å². The number of hydrogen-bond acceptors (Lipinski definition) is 2. The summed E-state index contributed by atoms with van der Waals surface area (Å²) in [5.41, 5.74) is 3.66. The summed E-state index contributed by atoms with van der Waals surface area (Å²) in [6, 6.07) is 6.47. The molecule has 2 heterocycles. The molecule has 2 aliphatic rings. The third-order valence-corrected chi connectivity index (χ3v) is 3.76. The number of aryl methyl sites for hydroxylation is 1. The molecular formula is C13H15NO2. The molecule has 84 valence electrons. The molecule has 1 fully saturated rings. The molecule has 2 atom stereocenters. The maximum absolute atomic E-state index is 11.2. The van der Waals surface area contributed by atoms with Crippen LogP contribution in [0, 0.1) is 6.92 Å². The zero-order valence-corrected chi connectivity index (χ0v) is 9.31. The zero-order valence-electron chi connectivity index (χ0n) is 9.31. The molecule has 0 bridgehead atoms. The van der Waals surface area contributed by atoms with Crippen LogP contribution in [0.4, 0.5) is 5.69 Å². The Kier molecular flexibility index (Phi) is 1.96. The molecular weight excluding hydrogens is 202 g/mol. The minimum atomic E-state index is -0.683. The molecule has 2 unspecified atom stereocenters.